The number of benzene rings is 1. The molecule has 6 heteroatoms. The predicted molar refractivity (Wildman–Crippen MR) is 52.1 cm³/mol. The smallest absolute Gasteiger partial charge is 0.342 e. The standard InChI is InChI=1S/C10H7FN2O3/c11-9-8(10(15)16)5-12-13(9)6-2-1-3-7(14)4-6/h1-5,14H,(H,15,16). The van der Waals surface area contributed by atoms with E-state index in [4.69, 9.17) is 5.11 Å². The van der Waals surface area contributed by atoms with Crippen molar-refractivity contribution >= 4 is 5.97 Å². The number of phenols is 1. The summed E-state index contributed by atoms with van der Waals surface area (Å²) in [5, 5.41) is 21.4. The number of nitrogens with zero attached hydrogens (tertiary/aromatic N) is 2. The van der Waals surface area contributed by atoms with Gasteiger partial charge in [-0.05, 0) is 12.1 Å². The Morgan fingerprint density at radius 2 is 2.19 bits per heavy atom. The monoisotopic (exact) mass is 222 g/mol. The maximum atomic E-state index is 13.5. The molecule has 1 aromatic carbocycles. The molecule has 0 aliphatic heterocycles. The lowest BCUT2D eigenvalue weighted by molar-refractivity contribution is 0.0691. The number of aromatic hydroxyl groups is 1. The van der Waals surface area contributed by atoms with Crippen LogP contribution in [0.3, 0.4) is 0 Å². The second kappa shape index (κ2) is 3.65. The van der Waals surface area contributed by atoms with Crippen LogP contribution in [0.15, 0.2) is 30.5 Å². The zero-order valence-corrected chi connectivity index (χ0v) is 7.96. The number of rotatable bonds is 2. The first-order chi connectivity index (χ1) is 7.59. The average molecular weight is 222 g/mol. The summed E-state index contributed by atoms with van der Waals surface area (Å²) < 4.78 is 14.3. The van der Waals surface area contributed by atoms with Gasteiger partial charge in [0.1, 0.15) is 11.3 Å². The molecule has 82 valence electrons. The molecule has 0 unspecified atom stereocenters. The number of carboxylic acids is 1. The van der Waals surface area contributed by atoms with Crippen LogP contribution in [0.2, 0.25) is 0 Å². The van der Waals surface area contributed by atoms with Crippen molar-refractivity contribution in [2.45, 2.75) is 0 Å². The van der Waals surface area contributed by atoms with Crippen molar-refractivity contribution in [1.82, 2.24) is 9.78 Å². The van der Waals surface area contributed by atoms with Crippen molar-refractivity contribution in [2.24, 2.45) is 0 Å². The maximum Gasteiger partial charge on any atom is 0.342 e. The summed E-state index contributed by atoms with van der Waals surface area (Å²) in [4.78, 5) is 10.6. The third-order valence-electron chi connectivity index (χ3n) is 2.02. The molecular formula is C10H7FN2O3. The summed E-state index contributed by atoms with van der Waals surface area (Å²) in [5.74, 6) is -2.41. The molecule has 0 spiro atoms. The van der Waals surface area contributed by atoms with Gasteiger partial charge in [-0.3, -0.25) is 0 Å². The van der Waals surface area contributed by atoms with Gasteiger partial charge < -0.3 is 10.2 Å². The molecule has 0 aliphatic rings. The van der Waals surface area contributed by atoms with Crippen molar-refractivity contribution in [3.63, 3.8) is 0 Å². The van der Waals surface area contributed by atoms with Crippen LogP contribution in [0.25, 0.3) is 5.69 Å². The van der Waals surface area contributed by atoms with Crippen LogP contribution in [0, 0.1) is 5.95 Å². The zero-order chi connectivity index (χ0) is 11.7. The van der Waals surface area contributed by atoms with Crippen LogP contribution in [0.4, 0.5) is 4.39 Å². The molecule has 0 saturated heterocycles. The first-order valence-corrected chi connectivity index (χ1v) is 4.36. The lowest BCUT2D eigenvalue weighted by atomic mass is 10.3. The molecule has 1 aromatic heterocycles. The zero-order valence-electron chi connectivity index (χ0n) is 7.96. The lowest BCUT2D eigenvalue weighted by Crippen LogP contribution is -2.03. The van der Waals surface area contributed by atoms with Crippen LogP contribution in [-0.4, -0.2) is 26.0 Å². The van der Waals surface area contributed by atoms with Crippen LogP contribution in [-0.2, 0) is 0 Å². The van der Waals surface area contributed by atoms with E-state index in [9.17, 15) is 14.3 Å². The number of aromatic carboxylic acids is 1. The van der Waals surface area contributed by atoms with Crippen molar-refractivity contribution in [2.75, 3.05) is 0 Å². The fraction of sp³-hybridized carbons (Fsp3) is 0. The maximum absolute atomic E-state index is 13.5. The van der Waals surface area contributed by atoms with E-state index >= 15 is 0 Å². The first kappa shape index (κ1) is 10.2. The Labute approximate surface area is 89.4 Å². The number of hydrogen-bond acceptors (Lipinski definition) is 3. The van der Waals surface area contributed by atoms with Gasteiger partial charge in [-0.2, -0.15) is 9.49 Å². The fourth-order valence-corrected chi connectivity index (χ4v) is 1.28. The molecule has 0 fully saturated rings. The molecule has 0 atom stereocenters. The van der Waals surface area contributed by atoms with Crippen molar-refractivity contribution in [1.29, 1.82) is 0 Å². The van der Waals surface area contributed by atoms with Gasteiger partial charge in [0.05, 0.1) is 11.9 Å². The van der Waals surface area contributed by atoms with E-state index in [1.165, 1.54) is 24.3 Å². The summed E-state index contributed by atoms with van der Waals surface area (Å²) in [5.41, 5.74) is -0.256. The minimum absolute atomic E-state index is 0.0516. The van der Waals surface area contributed by atoms with Crippen molar-refractivity contribution < 1.29 is 19.4 Å². The van der Waals surface area contributed by atoms with E-state index < -0.39 is 17.5 Å². The molecule has 0 amide bonds. The molecule has 0 saturated carbocycles. The van der Waals surface area contributed by atoms with Gasteiger partial charge in [0, 0.05) is 6.07 Å². The first-order valence-electron chi connectivity index (χ1n) is 4.36. The summed E-state index contributed by atoms with van der Waals surface area (Å²) >= 11 is 0. The Bertz CT molecular complexity index is 551. The van der Waals surface area contributed by atoms with Crippen molar-refractivity contribution in [3.8, 4) is 11.4 Å². The minimum atomic E-state index is -1.39. The molecule has 1 heterocycles. The summed E-state index contributed by atoms with van der Waals surface area (Å²) in [6, 6.07) is 5.71. The second-order valence-corrected chi connectivity index (χ2v) is 3.09. The van der Waals surface area contributed by atoms with Crippen LogP contribution in [0.5, 0.6) is 5.75 Å². The highest BCUT2D eigenvalue weighted by atomic mass is 19.1. The Kier molecular flexibility index (Phi) is 2.32. The molecule has 5 nitrogen and oxygen atoms in total. The van der Waals surface area contributed by atoms with E-state index in [0.717, 1.165) is 10.9 Å². The molecule has 2 rings (SSSR count). The molecule has 2 aromatic rings. The molecule has 16 heavy (non-hydrogen) atoms. The number of carboxylic acid groups (broad SMARTS) is 1. The van der Waals surface area contributed by atoms with Gasteiger partial charge >= 0.3 is 5.97 Å². The van der Waals surface area contributed by atoms with Crippen LogP contribution >= 0.6 is 0 Å². The molecule has 0 radical (unpaired) electrons. The Morgan fingerprint density at radius 3 is 2.75 bits per heavy atom. The number of phenolic OH excluding ortho intramolecular Hbond substituents is 1. The van der Waals surface area contributed by atoms with E-state index in [1.807, 2.05) is 0 Å². The van der Waals surface area contributed by atoms with Gasteiger partial charge in [0.25, 0.3) is 0 Å². The molecule has 0 aliphatic carbocycles. The minimum Gasteiger partial charge on any atom is -0.508 e. The lowest BCUT2D eigenvalue weighted by Gasteiger charge is -2.02. The summed E-state index contributed by atoms with van der Waals surface area (Å²) in [7, 11) is 0. The highest BCUT2D eigenvalue weighted by molar-refractivity contribution is 5.87. The van der Waals surface area contributed by atoms with Crippen LogP contribution in [0.1, 0.15) is 10.4 Å². The Hall–Kier alpha value is -2.37. The van der Waals surface area contributed by atoms with Gasteiger partial charge in [0.2, 0.25) is 5.95 Å². The van der Waals surface area contributed by atoms with E-state index in [2.05, 4.69) is 5.10 Å². The number of hydrogen-bond donors (Lipinski definition) is 2. The quantitative estimate of drug-likeness (QED) is 0.805. The number of halogens is 1. The SMILES string of the molecule is O=C(O)c1cnn(-c2cccc(O)c2)c1F. The molecular weight excluding hydrogens is 215 g/mol. The molecule has 0 bridgehead atoms. The van der Waals surface area contributed by atoms with Crippen LogP contribution < -0.4 is 0 Å². The van der Waals surface area contributed by atoms with Gasteiger partial charge in [-0.1, -0.05) is 6.07 Å². The van der Waals surface area contributed by atoms with Gasteiger partial charge in [-0.15, -0.1) is 0 Å². The Balaban J connectivity index is 2.53. The normalized spacial score (nSPS) is 10.3. The van der Waals surface area contributed by atoms with E-state index in [0.29, 0.717) is 0 Å². The third kappa shape index (κ3) is 1.60. The fourth-order valence-electron chi connectivity index (χ4n) is 1.28. The largest absolute Gasteiger partial charge is 0.508 e. The Morgan fingerprint density at radius 1 is 1.44 bits per heavy atom. The number of aromatic nitrogens is 2. The summed E-state index contributed by atoms with van der Waals surface area (Å²) in [6.45, 7) is 0. The predicted octanol–water partition coefficient (Wildman–Crippen LogP) is 1.42. The number of carbonyl (C=O) groups is 1. The van der Waals surface area contributed by atoms with E-state index in [-0.39, 0.29) is 11.4 Å². The highest BCUT2D eigenvalue weighted by Crippen LogP contribution is 2.17. The molecule has 2 N–H and O–H groups in total. The second-order valence-electron chi connectivity index (χ2n) is 3.09. The highest BCUT2D eigenvalue weighted by Gasteiger charge is 2.17. The summed E-state index contributed by atoms with van der Waals surface area (Å²) in [6.07, 6.45) is 0.918. The topological polar surface area (TPSA) is 75.3 Å². The third-order valence-corrected chi connectivity index (χ3v) is 2.02. The average Bonchev–Trinajstić information content (AvgIpc) is 2.60. The van der Waals surface area contributed by atoms with E-state index in [1.54, 1.807) is 0 Å². The van der Waals surface area contributed by atoms with Gasteiger partial charge in [0.15, 0.2) is 0 Å². The van der Waals surface area contributed by atoms with Crippen molar-refractivity contribution in [3.05, 3.63) is 42.0 Å². The van der Waals surface area contributed by atoms with Gasteiger partial charge in [-0.25, -0.2) is 9.48 Å².